The molecule has 0 radical (unpaired) electrons. The molecule has 0 bridgehead atoms. The van der Waals surface area contributed by atoms with Gasteiger partial charge in [-0.05, 0) is 48.9 Å². The Kier molecular flexibility index (Phi) is 5.46. The zero-order chi connectivity index (χ0) is 25.7. The van der Waals surface area contributed by atoms with Gasteiger partial charge < -0.3 is 14.9 Å². The predicted molar refractivity (Wildman–Crippen MR) is 141 cm³/mol. The molecule has 6 rings (SSSR count). The minimum absolute atomic E-state index is 0.243. The number of nitrogens with zero attached hydrogens (tertiary/aromatic N) is 1. The van der Waals surface area contributed by atoms with Crippen molar-refractivity contribution in [1.82, 2.24) is 25.7 Å². The van der Waals surface area contributed by atoms with Crippen LogP contribution in [0.5, 0.6) is 0 Å². The fourth-order valence-electron chi connectivity index (χ4n) is 5.02. The molecule has 0 saturated carbocycles. The third-order valence-corrected chi connectivity index (χ3v) is 7.07. The number of para-hydroxylation sites is 1. The Bertz CT molecular complexity index is 1700. The second kappa shape index (κ2) is 8.83. The summed E-state index contributed by atoms with van der Waals surface area (Å²) >= 11 is 6.03. The molecule has 1 aliphatic heterocycles. The third-order valence-electron chi connectivity index (χ3n) is 6.84. The summed E-state index contributed by atoms with van der Waals surface area (Å²) < 4.78 is 0. The summed E-state index contributed by atoms with van der Waals surface area (Å²) in [6.45, 7) is 1.65. The summed E-state index contributed by atoms with van der Waals surface area (Å²) in [5.74, 6) is -1.28. The van der Waals surface area contributed by atoms with Crippen LogP contribution >= 0.6 is 11.6 Å². The van der Waals surface area contributed by atoms with Gasteiger partial charge in [0.1, 0.15) is 11.7 Å². The number of aromatic amines is 2. The fraction of sp³-hybridized carbons (Fsp3) is 0.107. The molecule has 8 nitrogen and oxygen atoms in total. The van der Waals surface area contributed by atoms with Crippen LogP contribution in [0.25, 0.3) is 21.8 Å². The van der Waals surface area contributed by atoms with Crippen molar-refractivity contribution in [2.24, 2.45) is 0 Å². The van der Waals surface area contributed by atoms with Crippen molar-refractivity contribution in [3.8, 4) is 0 Å². The Morgan fingerprint density at radius 1 is 0.946 bits per heavy atom. The lowest BCUT2D eigenvalue weighted by Crippen LogP contribution is -2.52. The van der Waals surface area contributed by atoms with Gasteiger partial charge in [0.25, 0.3) is 17.7 Å². The fourth-order valence-corrected chi connectivity index (χ4v) is 5.20. The van der Waals surface area contributed by atoms with Gasteiger partial charge in [0.2, 0.25) is 0 Å². The number of H-pyrrole nitrogens is 2. The van der Waals surface area contributed by atoms with E-state index in [2.05, 4.69) is 20.8 Å². The van der Waals surface area contributed by atoms with Crippen molar-refractivity contribution < 1.29 is 14.4 Å². The van der Waals surface area contributed by atoms with Gasteiger partial charge in [0.15, 0.2) is 0 Å². The lowest BCUT2D eigenvalue weighted by atomic mass is 9.97. The van der Waals surface area contributed by atoms with Crippen molar-refractivity contribution in [3.63, 3.8) is 0 Å². The van der Waals surface area contributed by atoms with Crippen LogP contribution in [0.2, 0.25) is 5.02 Å². The number of rotatable bonds is 4. The first-order valence-electron chi connectivity index (χ1n) is 11.8. The van der Waals surface area contributed by atoms with Crippen LogP contribution in [0.1, 0.15) is 44.9 Å². The van der Waals surface area contributed by atoms with Crippen molar-refractivity contribution in [2.45, 2.75) is 19.0 Å². The van der Waals surface area contributed by atoms with E-state index in [9.17, 15) is 14.4 Å². The standard InChI is InChI=1S/C28H22ClN5O3/c1-15(26(35)32-33-27(36)24-13-16-12-17(29)10-11-22(16)31-24)34-25(19-7-2-3-8-20(19)28(34)37)21-14-30-23-9-5-4-6-18(21)23/h2-15,25,30-31H,1H3,(H,32,35)(H,33,36). The maximum atomic E-state index is 13.5. The molecule has 4 N–H and O–H groups in total. The summed E-state index contributed by atoms with van der Waals surface area (Å²) in [5, 5.41) is 2.31. The average Bonchev–Trinajstić information content (AvgIpc) is 3.60. The Hall–Kier alpha value is -4.56. The lowest BCUT2D eigenvalue weighted by molar-refractivity contribution is -0.126. The summed E-state index contributed by atoms with van der Waals surface area (Å²) in [4.78, 5) is 47.2. The first-order valence-corrected chi connectivity index (χ1v) is 12.2. The molecule has 0 fully saturated rings. The molecule has 5 aromatic rings. The highest BCUT2D eigenvalue weighted by Crippen LogP contribution is 2.42. The van der Waals surface area contributed by atoms with Gasteiger partial charge >= 0.3 is 0 Å². The number of benzene rings is 3. The third kappa shape index (κ3) is 3.82. The molecule has 2 atom stereocenters. The van der Waals surface area contributed by atoms with E-state index in [1.165, 1.54) is 0 Å². The Morgan fingerprint density at radius 3 is 2.59 bits per heavy atom. The largest absolute Gasteiger partial charge is 0.361 e. The van der Waals surface area contributed by atoms with E-state index in [4.69, 9.17) is 11.6 Å². The Labute approximate surface area is 216 Å². The van der Waals surface area contributed by atoms with Gasteiger partial charge in [0.05, 0.1) is 6.04 Å². The van der Waals surface area contributed by atoms with Crippen molar-refractivity contribution >= 4 is 51.1 Å². The molecule has 2 unspecified atom stereocenters. The number of aromatic nitrogens is 2. The molecule has 2 aromatic heterocycles. The Morgan fingerprint density at radius 2 is 1.73 bits per heavy atom. The van der Waals surface area contributed by atoms with Crippen LogP contribution in [0.3, 0.4) is 0 Å². The maximum absolute atomic E-state index is 13.5. The van der Waals surface area contributed by atoms with Crippen molar-refractivity contribution in [1.29, 1.82) is 0 Å². The zero-order valence-corrected chi connectivity index (χ0v) is 20.5. The lowest BCUT2D eigenvalue weighted by Gasteiger charge is -2.30. The van der Waals surface area contributed by atoms with E-state index in [0.29, 0.717) is 10.6 Å². The predicted octanol–water partition coefficient (Wildman–Crippen LogP) is 4.70. The van der Waals surface area contributed by atoms with Crippen LogP contribution in [-0.2, 0) is 4.79 Å². The molecule has 37 heavy (non-hydrogen) atoms. The summed E-state index contributed by atoms with van der Waals surface area (Å²) in [6, 6.07) is 20.8. The smallest absolute Gasteiger partial charge is 0.286 e. The van der Waals surface area contributed by atoms with Crippen LogP contribution in [0, 0.1) is 0 Å². The zero-order valence-electron chi connectivity index (χ0n) is 19.7. The van der Waals surface area contributed by atoms with Crippen LogP contribution in [0.15, 0.2) is 79.0 Å². The number of nitrogens with one attached hydrogen (secondary N) is 4. The maximum Gasteiger partial charge on any atom is 0.286 e. The minimum Gasteiger partial charge on any atom is -0.361 e. The van der Waals surface area contributed by atoms with Crippen molar-refractivity contribution in [3.05, 3.63) is 106 Å². The monoisotopic (exact) mass is 511 g/mol. The number of carbonyl (C=O) groups is 3. The van der Waals surface area contributed by atoms with E-state index in [0.717, 1.165) is 32.9 Å². The molecule has 3 heterocycles. The second-order valence-corrected chi connectivity index (χ2v) is 9.46. The van der Waals surface area contributed by atoms with E-state index >= 15 is 0 Å². The highest BCUT2D eigenvalue weighted by atomic mass is 35.5. The SMILES string of the molecule is CC(C(=O)NNC(=O)c1cc2cc(Cl)ccc2[nH]1)N1C(=O)c2ccccc2C1c1c[nH]c2ccccc12. The molecule has 1 aliphatic rings. The second-order valence-electron chi connectivity index (χ2n) is 9.03. The Balaban J connectivity index is 1.26. The summed E-state index contributed by atoms with van der Waals surface area (Å²) in [7, 11) is 0. The number of hydrogen-bond donors (Lipinski definition) is 4. The van der Waals surface area contributed by atoms with Gasteiger partial charge in [-0.1, -0.05) is 48.0 Å². The van der Waals surface area contributed by atoms with E-state index < -0.39 is 23.9 Å². The van der Waals surface area contributed by atoms with E-state index in [1.807, 2.05) is 48.7 Å². The highest BCUT2D eigenvalue weighted by Gasteiger charge is 2.43. The van der Waals surface area contributed by atoms with Gasteiger partial charge in [-0.3, -0.25) is 25.2 Å². The number of hydrogen-bond acceptors (Lipinski definition) is 3. The van der Waals surface area contributed by atoms with Gasteiger partial charge in [-0.2, -0.15) is 0 Å². The first-order chi connectivity index (χ1) is 17.9. The van der Waals surface area contributed by atoms with Gasteiger partial charge in [0, 0.05) is 44.2 Å². The van der Waals surface area contributed by atoms with Crippen molar-refractivity contribution in [2.75, 3.05) is 0 Å². The number of halogens is 1. The number of hydrazine groups is 1. The number of carbonyl (C=O) groups excluding carboxylic acids is 3. The van der Waals surface area contributed by atoms with Crippen LogP contribution in [-0.4, -0.2) is 38.6 Å². The van der Waals surface area contributed by atoms with Crippen LogP contribution in [0.4, 0.5) is 0 Å². The molecule has 184 valence electrons. The number of amides is 3. The highest BCUT2D eigenvalue weighted by molar-refractivity contribution is 6.31. The minimum atomic E-state index is -0.875. The molecule has 3 aromatic carbocycles. The van der Waals surface area contributed by atoms with E-state index in [-0.39, 0.29) is 11.6 Å². The summed E-state index contributed by atoms with van der Waals surface area (Å²) in [6.07, 6.45) is 1.88. The summed E-state index contributed by atoms with van der Waals surface area (Å²) in [5.41, 5.74) is 9.17. The quantitative estimate of drug-likeness (QED) is 0.262. The molecule has 0 aliphatic carbocycles. The molecular weight excluding hydrogens is 490 g/mol. The topological polar surface area (TPSA) is 110 Å². The average molecular weight is 512 g/mol. The van der Waals surface area contributed by atoms with Gasteiger partial charge in [-0.15, -0.1) is 0 Å². The van der Waals surface area contributed by atoms with Gasteiger partial charge in [-0.25, -0.2) is 0 Å². The molecule has 9 heteroatoms. The molecule has 0 spiro atoms. The molecule has 0 saturated heterocycles. The first kappa shape index (κ1) is 22.9. The molecular formula is C28H22ClN5O3. The van der Waals surface area contributed by atoms with Crippen LogP contribution < -0.4 is 10.9 Å². The number of fused-ring (bicyclic) bond motifs is 3. The molecule has 3 amide bonds. The normalized spacial score (nSPS) is 15.7. The van der Waals surface area contributed by atoms with E-state index in [1.54, 1.807) is 42.2 Å².